The molecule has 2 rings (SSSR count). The predicted molar refractivity (Wildman–Crippen MR) is 87.7 cm³/mol. The van der Waals surface area contributed by atoms with Gasteiger partial charge in [0.05, 0.1) is 11.7 Å². The third-order valence-electron chi connectivity index (χ3n) is 3.65. The predicted octanol–water partition coefficient (Wildman–Crippen LogP) is 2.07. The fourth-order valence-corrected chi connectivity index (χ4v) is 2.72. The first-order valence-corrected chi connectivity index (χ1v) is 7.52. The molecule has 0 aliphatic rings. The Bertz CT molecular complexity index is 597. The summed E-state index contributed by atoms with van der Waals surface area (Å²) in [5, 5.41) is 7.30. The summed E-state index contributed by atoms with van der Waals surface area (Å²) in [4.78, 5) is 14.4. The van der Waals surface area contributed by atoms with E-state index in [-0.39, 0.29) is 17.9 Å². The largest absolute Gasteiger partial charge is 0.351 e. The molecule has 1 atom stereocenters. The van der Waals surface area contributed by atoms with Crippen molar-refractivity contribution in [3.05, 3.63) is 48.3 Å². The lowest BCUT2D eigenvalue weighted by atomic mass is 10.0. The smallest absolute Gasteiger partial charge is 0.237 e. The summed E-state index contributed by atoms with van der Waals surface area (Å²) < 4.78 is 1.81. The quantitative estimate of drug-likeness (QED) is 0.888. The third kappa shape index (κ3) is 3.74. The zero-order valence-electron chi connectivity index (χ0n) is 13.7. The van der Waals surface area contributed by atoms with E-state index >= 15 is 0 Å². The number of nitrogens with one attached hydrogen (secondary N) is 1. The zero-order chi connectivity index (χ0) is 16.1. The summed E-state index contributed by atoms with van der Waals surface area (Å²) in [7, 11) is 3.86. The number of likely N-dealkylation sites (N-methyl/N-ethyl adjacent to an activating group) is 1. The first kappa shape index (κ1) is 16.2. The van der Waals surface area contributed by atoms with E-state index in [0.717, 1.165) is 11.3 Å². The van der Waals surface area contributed by atoms with Gasteiger partial charge < -0.3 is 5.32 Å². The molecule has 5 nitrogen and oxygen atoms in total. The first-order chi connectivity index (χ1) is 10.5. The van der Waals surface area contributed by atoms with Gasteiger partial charge >= 0.3 is 0 Å². The van der Waals surface area contributed by atoms with E-state index in [9.17, 15) is 4.79 Å². The van der Waals surface area contributed by atoms with Crippen LogP contribution in [-0.4, -0.2) is 40.7 Å². The molecule has 2 aromatic rings. The van der Waals surface area contributed by atoms with E-state index in [1.165, 1.54) is 0 Å². The molecular formula is C17H24N4O. The molecule has 1 aromatic heterocycles. The highest BCUT2D eigenvalue weighted by molar-refractivity contribution is 5.82. The molecule has 0 aliphatic carbocycles. The van der Waals surface area contributed by atoms with Crippen LogP contribution in [-0.2, 0) is 11.3 Å². The normalized spacial score (nSPS) is 12.6. The number of aromatic nitrogens is 2. The second-order valence-electron chi connectivity index (χ2n) is 5.95. The van der Waals surface area contributed by atoms with Gasteiger partial charge in [-0.3, -0.25) is 9.69 Å². The van der Waals surface area contributed by atoms with Gasteiger partial charge in [-0.25, -0.2) is 4.68 Å². The molecule has 0 fully saturated rings. The van der Waals surface area contributed by atoms with Gasteiger partial charge in [-0.1, -0.05) is 32.0 Å². The van der Waals surface area contributed by atoms with Gasteiger partial charge in [0.15, 0.2) is 0 Å². The molecule has 118 valence electrons. The fraction of sp³-hybridized carbons (Fsp3) is 0.412. The van der Waals surface area contributed by atoms with Crippen LogP contribution in [0.2, 0.25) is 0 Å². The zero-order valence-corrected chi connectivity index (χ0v) is 13.7. The van der Waals surface area contributed by atoms with Crippen LogP contribution in [0.1, 0.15) is 19.4 Å². The van der Waals surface area contributed by atoms with Crippen molar-refractivity contribution in [1.29, 1.82) is 0 Å². The van der Waals surface area contributed by atoms with Crippen molar-refractivity contribution in [2.45, 2.75) is 26.4 Å². The van der Waals surface area contributed by atoms with E-state index in [4.69, 9.17) is 0 Å². The van der Waals surface area contributed by atoms with Crippen LogP contribution in [0, 0.1) is 5.92 Å². The molecule has 0 radical (unpaired) electrons. The lowest BCUT2D eigenvalue weighted by Crippen LogP contribution is -2.46. The van der Waals surface area contributed by atoms with E-state index in [2.05, 4.69) is 24.3 Å². The van der Waals surface area contributed by atoms with E-state index in [1.807, 2.05) is 60.2 Å². The van der Waals surface area contributed by atoms with E-state index in [1.54, 1.807) is 6.20 Å². The molecule has 1 unspecified atom stereocenters. The minimum Gasteiger partial charge on any atom is -0.351 e. The van der Waals surface area contributed by atoms with Crippen molar-refractivity contribution in [2.24, 2.45) is 5.92 Å². The van der Waals surface area contributed by atoms with Crippen LogP contribution < -0.4 is 5.32 Å². The van der Waals surface area contributed by atoms with Crippen molar-refractivity contribution >= 4 is 5.91 Å². The first-order valence-electron chi connectivity index (χ1n) is 7.52. The lowest BCUT2D eigenvalue weighted by molar-refractivity contribution is -0.127. The second-order valence-corrected chi connectivity index (χ2v) is 5.95. The molecule has 0 saturated heterocycles. The van der Waals surface area contributed by atoms with Crippen LogP contribution in [0.25, 0.3) is 5.69 Å². The summed E-state index contributed by atoms with van der Waals surface area (Å²) in [6.07, 6.45) is 3.65. The molecule has 0 spiro atoms. The Morgan fingerprint density at radius 3 is 2.59 bits per heavy atom. The van der Waals surface area contributed by atoms with Gasteiger partial charge in [0.1, 0.15) is 0 Å². The number of carbonyl (C=O) groups is 1. The molecule has 1 heterocycles. The van der Waals surface area contributed by atoms with Gasteiger partial charge in [0.2, 0.25) is 5.91 Å². The minimum absolute atomic E-state index is 0.0512. The van der Waals surface area contributed by atoms with Gasteiger partial charge in [-0.05, 0) is 37.7 Å². The maximum Gasteiger partial charge on any atom is 0.237 e. The molecule has 5 heteroatoms. The summed E-state index contributed by atoms with van der Waals surface area (Å²) in [6.45, 7) is 4.61. The molecular weight excluding hydrogens is 276 g/mol. The number of nitrogens with zero attached hydrogens (tertiary/aromatic N) is 3. The van der Waals surface area contributed by atoms with Crippen LogP contribution in [0.4, 0.5) is 0 Å². The molecule has 1 N–H and O–H groups in total. The van der Waals surface area contributed by atoms with Crippen molar-refractivity contribution in [3.8, 4) is 5.69 Å². The minimum atomic E-state index is -0.128. The van der Waals surface area contributed by atoms with Crippen molar-refractivity contribution in [2.75, 3.05) is 14.1 Å². The topological polar surface area (TPSA) is 50.2 Å². The number of para-hydroxylation sites is 1. The lowest BCUT2D eigenvalue weighted by Gasteiger charge is -2.26. The summed E-state index contributed by atoms with van der Waals surface area (Å²) in [5.41, 5.74) is 2.03. The summed E-state index contributed by atoms with van der Waals surface area (Å²) in [5.74, 6) is 0.312. The van der Waals surface area contributed by atoms with Gasteiger partial charge in [-0.15, -0.1) is 0 Å². The number of hydrogen-bond donors (Lipinski definition) is 1. The van der Waals surface area contributed by atoms with Crippen LogP contribution >= 0.6 is 0 Å². The van der Waals surface area contributed by atoms with Gasteiger partial charge in [0.25, 0.3) is 0 Å². The van der Waals surface area contributed by atoms with Gasteiger partial charge in [-0.2, -0.15) is 5.10 Å². The average molecular weight is 300 g/mol. The molecule has 0 aliphatic heterocycles. The Labute approximate surface area is 131 Å². The Kier molecular flexibility index (Phi) is 5.33. The highest BCUT2D eigenvalue weighted by Crippen LogP contribution is 2.14. The number of amides is 1. The van der Waals surface area contributed by atoms with Crippen LogP contribution in [0.5, 0.6) is 0 Å². The van der Waals surface area contributed by atoms with Crippen LogP contribution in [0.3, 0.4) is 0 Å². The van der Waals surface area contributed by atoms with Crippen molar-refractivity contribution in [1.82, 2.24) is 20.0 Å². The molecule has 0 bridgehead atoms. The van der Waals surface area contributed by atoms with E-state index < -0.39 is 0 Å². The summed E-state index contributed by atoms with van der Waals surface area (Å²) in [6, 6.07) is 9.71. The molecule has 1 aromatic carbocycles. The molecule has 22 heavy (non-hydrogen) atoms. The SMILES string of the molecule is CC(C)C(C(=O)NCc1ccccc1-n1cccn1)N(C)C. The fourth-order valence-electron chi connectivity index (χ4n) is 2.72. The third-order valence-corrected chi connectivity index (χ3v) is 3.65. The second kappa shape index (κ2) is 7.22. The molecule has 1 amide bonds. The standard InChI is InChI=1S/C17H24N4O/c1-13(2)16(20(3)4)17(22)18-12-14-8-5-6-9-15(14)21-11-7-10-19-21/h5-11,13,16H,12H2,1-4H3,(H,18,22). The number of hydrogen-bond acceptors (Lipinski definition) is 3. The monoisotopic (exact) mass is 300 g/mol. The highest BCUT2D eigenvalue weighted by Gasteiger charge is 2.24. The number of rotatable bonds is 6. The maximum atomic E-state index is 12.4. The van der Waals surface area contributed by atoms with Crippen molar-refractivity contribution in [3.63, 3.8) is 0 Å². The average Bonchev–Trinajstić information content (AvgIpc) is 2.98. The van der Waals surface area contributed by atoms with Gasteiger partial charge in [0, 0.05) is 18.9 Å². The Hall–Kier alpha value is -2.14. The van der Waals surface area contributed by atoms with Crippen LogP contribution in [0.15, 0.2) is 42.7 Å². The Morgan fingerprint density at radius 1 is 1.27 bits per heavy atom. The number of benzene rings is 1. The molecule has 0 saturated carbocycles. The Balaban J connectivity index is 2.11. The highest BCUT2D eigenvalue weighted by atomic mass is 16.2. The maximum absolute atomic E-state index is 12.4. The number of carbonyl (C=O) groups excluding carboxylic acids is 1. The van der Waals surface area contributed by atoms with E-state index in [0.29, 0.717) is 6.54 Å². The Morgan fingerprint density at radius 2 is 2.00 bits per heavy atom. The van der Waals surface area contributed by atoms with Crippen molar-refractivity contribution < 1.29 is 4.79 Å². The summed E-state index contributed by atoms with van der Waals surface area (Å²) >= 11 is 0.